The number of thiophene rings is 1. The molecular formula is C24H22N4O6S2. The predicted molar refractivity (Wildman–Crippen MR) is 136 cm³/mol. The van der Waals surface area contributed by atoms with E-state index in [0.717, 1.165) is 4.68 Å². The molecule has 0 saturated heterocycles. The number of amides is 1. The Morgan fingerprint density at radius 3 is 2.50 bits per heavy atom. The van der Waals surface area contributed by atoms with E-state index in [-0.39, 0.29) is 31.0 Å². The van der Waals surface area contributed by atoms with Crippen molar-refractivity contribution >= 4 is 49.6 Å². The van der Waals surface area contributed by atoms with Gasteiger partial charge in [0.05, 0.1) is 16.0 Å². The normalized spacial score (nSPS) is 12.3. The van der Waals surface area contributed by atoms with Gasteiger partial charge in [0.25, 0.3) is 11.5 Å². The molecule has 2 aromatic carbocycles. The van der Waals surface area contributed by atoms with Gasteiger partial charge in [0.2, 0.25) is 0 Å². The van der Waals surface area contributed by atoms with Crippen molar-refractivity contribution < 1.29 is 23.1 Å². The lowest BCUT2D eigenvalue weighted by molar-refractivity contribution is -0.136. The van der Waals surface area contributed by atoms with Gasteiger partial charge < -0.3 is 10.4 Å². The fourth-order valence-corrected chi connectivity index (χ4v) is 5.82. The van der Waals surface area contributed by atoms with Crippen LogP contribution in [0.5, 0.6) is 0 Å². The van der Waals surface area contributed by atoms with Crippen molar-refractivity contribution in [1.29, 1.82) is 0 Å². The minimum absolute atomic E-state index is 0.0982. The average molecular weight is 527 g/mol. The highest BCUT2D eigenvalue weighted by atomic mass is 32.2. The molecule has 186 valence electrons. The second-order valence-electron chi connectivity index (χ2n) is 8.00. The van der Waals surface area contributed by atoms with Crippen LogP contribution in [0.2, 0.25) is 0 Å². The fraction of sp³-hybridized carbons (Fsp3) is 0.208. The number of benzene rings is 2. The van der Waals surface area contributed by atoms with Crippen LogP contribution in [0.25, 0.3) is 10.9 Å². The number of nitrogens with zero attached hydrogens (tertiary/aromatic N) is 3. The Hall–Kier alpha value is -3.90. The lowest BCUT2D eigenvalue weighted by atomic mass is 10.1. The van der Waals surface area contributed by atoms with Gasteiger partial charge >= 0.3 is 5.97 Å². The first-order valence-corrected chi connectivity index (χ1v) is 13.5. The van der Waals surface area contributed by atoms with Gasteiger partial charge in [0.1, 0.15) is 5.52 Å². The van der Waals surface area contributed by atoms with Gasteiger partial charge in [-0.15, -0.1) is 16.4 Å². The summed E-state index contributed by atoms with van der Waals surface area (Å²) in [4.78, 5) is 37.1. The van der Waals surface area contributed by atoms with Crippen molar-refractivity contribution in [3.63, 3.8) is 0 Å². The molecule has 2 aromatic heterocycles. The number of aryl methyl sites for hydroxylation is 2. The highest BCUT2D eigenvalue weighted by Crippen LogP contribution is 2.16. The number of rotatable bonds is 10. The van der Waals surface area contributed by atoms with Crippen LogP contribution in [0, 0.1) is 0 Å². The maximum Gasteiger partial charge on any atom is 0.321 e. The van der Waals surface area contributed by atoms with Crippen molar-refractivity contribution in [2.45, 2.75) is 24.6 Å². The molecule has 12 heteroatoms. The third kappa shape index (κ3) is 5.83. The third-order valence-electron chi connectivity index (χ3n) is 5.57. The number of fused-ring (bicyclic) bond motifs is 1. The van der Waals surface area contributed by atoms with Crippen LogP contribution in [0.1, 0.15) is 21.7 Å². The summed E-state index contributed by atoms with van der Waals surface area (Å²) in [5.74, 6) is -2.10. The minimum Gasteiger partial charge on any atom is -0.480 e. The molecule has 4 aromatic rings. The van der Waals surface area contributed by atoms with Crippen molar-refractivity contribution in [2.24, 2.45) is 0 Å². The number of aliphatic carboxylic acids is 1. The summed E-state index contributed by atoms with van der Waals surface area (Å²) in [5, 5.41) is 20.5. The molecule has 0 bridgehead atoms. The summed E-state index contributed by atoms with van der Waals surface area (Å²) >= 11 is 1.32. The Kier molecular flexibility index (Phi) is 7.55. The molecule has 0 spiro atoms. The van der Waals surface area contributed by atoms with E-state index in [9.17, 15) is 27.9 Å². The van der Waals surface area contributed by atoms with Gasteiger partial charge in [-0.1, -0.05) is 35.5 Å². The summed E-state index contributed by atoms with van der Waals surface area (Å²) in [6.07, 6.45) is -0.223. The lowest BCUT2D eigenvalue weighted by Crippen LogP contribution is -2.35. The second-order valence-corrected chi connectivity index (χ2v) is 11.2. The number of aromatic nitrogens is 3. The first-order valence-electron chi connectivity index (χ1n) is 11.0. The smallest absolute Gasteiger partial charge is 0.321 e. The van der Waals surface area contributed by atoms with Crippen LogP contribution in [0.4, 0.5) is 5.69 Å². The summed E-state index contributed by atoms with van der Waals surface area (Å²) in [6, 6.07) is 16.8. The maximum atomic E-state index is 12.8. The summed E-state index contributed by atoms with van der Waals surface area (Å²) in [6.45, 7) is -0.203. The van der Waals surface area contributed by atoms with Gasteiger partial charge in [-0.25, -0.2) is 13.1 Å². The number of carbonyl (C=O) groups excluding carboxylic acids is 1. The van der Waals surface area contributed by atoms with Crippen molar-refractivity contribution in [3.8, 4) is 0 Å². The number of carboxylic acids is 1. The molecule has 1 unspecified atom stereocenters. The van der Waals surface area contributed by atoms with E-state index in [2.05, 4.69) is 15.6 Å². The fourth-order valence-electron chi connectivity index (χ4n) is 3.62. The van der Waals surface area contributed by atoms with E-state index in [4.69, 9.17) is 0 Å². The van der Waals surface area contributed by atoms with E-state index in [1.807, 2.05) is 0 Å². The van der Waals surface area contributed by atoms with Crippen molar-refractivity contribution in [3.05, 3.63) is 86.8 Å². The first kappa shape index (κ1) is 25.2. The Balaban J connectivity index is 1.38. The summed E-state index contributed by atoms with van der Waals surface area (Å²) in [7, 11) is -4.04. The average Bonchev–Trinajstić information content (AvgIpc) is 3.40. The number of carboxylic acid groups (broad SMARTS) is 1. The quantitative estimate of drug-likeness (QED) is 0.320. The standard InChI is InChI=1S/C24H22N4O6S2/c29-22(20-6-3-14-35-20)25-17-9-7-16(8-10-17)12-15-36(33,34)21(24(31)32)11-13-28-23(30)18-4-1-2-5-19(18)26-27-28/h1-10,14,21H,11-13,15H2,(H,25,29)(H,31,32). The largest absolute Gasteiger partial charge is 0.480 e. The zero-order valence-corrected chi connectivity index (χ0v) is 20.5. The number of hydrogen-bond acceptors (Lipinski definition) is 8. The monoisotopic (exact) mass is 526 g/mol. The number of nitrogens with one attached hydrogen (secondary N) is 1. The van der Waals surface area contributed by atoms with Gasteiger partial charge in [0.15, 0.2) is 15.1 Å². The molecule has 2 heterocycles. The molecule has 0 aliphatic rings. The number of hydrogen-bond donors (Lipinski definition) is 2. The Labute approximate surface area is 210 Å². The minimum atomic E-state index is -4.04. The van der Waals surface area contributed by atoms with Crippen LogP contribution in [0.15, 0.2) is 70.8 Å². The van der Waals surface area contributed by atoms with E-state index >= 15 is 0 Å². The summed E-state index contributed by atoms with van der Waals surface area (Å²) < 4.78 is 26.7. The molecule has 1 atom stereocenters. The van der Waals surface area contributed by atoms with Crippen molar-refractivity contribution in [1.82, 2.24) is 15.0 Å². The highest BCUT2D eigenvalue weighted by molar-refractivity contribution is 7.92. The van der Waals surface area contributed by atoms with E-state index in [1.54, 1.807) is 66.0 Å². The SMILES string of the molecule is O=C(Nc1ccc(CCS(=O)(=O)C(CCn2nnc3ccccc3c2=O)C(=O)O)cc1)c1cccs1. The molecule has 2 N–H and O–H groups in total. The Morgan fingerprint density at radius 2 is 1.81 bits per heavy atom. The molecule has 10 nitrogen and oxygen atoms in total. The maximum absolute atomic E-state index is 12.8. The highest BCUT2D eigenvalue weighted by Gasteiger charge is 2.32. The zero-order valence-electron chi connectivity index (χ0n) is 18.9. The van der Waals surface area contributed by atoms with Gasteiger partial charge in [-0.05, 0) is 54.1 Å². The van der Waals surface area contributed by atoms with Crippen LogP contribution in [-0.2, 0) is 27.6 Å². The molecule has 0 aliphatic carbocycles. The van der Waals surface area contributed by atoms with Crippen LogP contribution in [-0.4, -0.2) is 51.4 Å². The zero-order chi connectivity index (χ0) is 25.7. The van der Waals surface area contributed by atoms with Crippen molar-refractivity contribution in [2.75, 3.05) is 11.1 Å². The van der Waals surface area contributed by atoms with Gasteiger partial charge in [-0.3, -0.25) is 14.4 Å². The molecule has 1 amide bonds. The topological polar surface area (TPSA) is 148 Å². The summed E-state index contributed by atoms with van der Waals surface area (Å²) in [5.41, 5.74) is 1.17. The van der Waals surface area contributed by atoms with Crippen LogP contribution >= 0.6 is 11.3 Å². The molecule has 0 fully saturated rings. The molecular weight excluding hydrogens is 504 g/mol. The predicted octanol–water partition coefficient (Wildman–Crippen LogP) is 2.61. The van der Waals surface area contributed by atoms with Gasteiger partial charge in [-0.2, -0.15) is 0 Å². The van der Waals surface area contributed by atoms with Crippen LogP contribution in [0.3, 0.4) is 0 Å². The van der Waals surface area contributed by atoms with E-state index in [1.165, 1.54) is 11.3 Å². The second kappa shape index (κ2) is 10.8. The molecule has 0 aliphatic heterocycles. The Morgan fingerprint density at radius 1 is 1.06 bits per heavy atom. The number of carbonyl (C=O) groups is 2. The van der Waals surface area contributed by atoms with E-state index < -0.39 is 26.6 Å². The van der Waals surface area contributed by atoms with Crippen LogP contribution < -0.4 is 10.9 Å². The molecule has 0 radical (unpaired) electrons. The molecule has 36 heavy (non-hydrogen) atoms. The lowest BCUT2D eigenvalue weighted by Gasteiger charge is -2.14. The first-order chi connectivity index (χ1) is 17.2. The number of sulfone groups is 1. The number of anilines is 1. The molecule has 4 rings (SSSR count). The van der Waals surface area contributed by atoms with Gasteiger partial charge in [0, 0.05) is 12.2 Å². The molecule has 0 saturated carbocycles. The van der Waals surface area contributed by atoms with E-state index in [0.29, 0.717) is 27.0 Å². The Bertz CT molecular complexity index is 1550. The third-order valence-corrected chi connectivity index (χ3v) is 8.52.